The van der Waals surface area contributed by atoms with E-state index in [4.69, 9.17) is 10.3 Å². The molecular formula is C18H22FN3O2. The Labute approximate surface area is 140 Å². The van der Waals surface area contributed by atoms with Crippen molar-refractivity contribution >= 4 is 5.91 Å². The number of carbonyl (C=O) groups is 1. The molecule has 0 aliphatic carbocycles. The Morgan fingerprint density at radius 3 is 3.00 bits per heavy atom. The summed E-state index contributed by atoms with van der Waals surface area (Å²) in [7, 11) is 0. The van der Waals surface area contributed by atoms with Crippen molar-refractivity contribution in [3.05, 3.63) is 53.2 Å². The van der Waals surface area contributed by atoms with Crippen LogP contribution >= 0.6 is 0 Å². The Balaban J connectivity index is 1.62. The molecule has 3 rings (SSSR count). The van der Waals surface area contributed by atoms with Gasteiger partial charge in [0.15, 0.2) is 5.76 Å². The fourth-order valence-electron chi connectivity index (χ4n) is 3.26. The standard InChI is InChI=1S/C18H22FN3O2/c1-12-9-17(24-21-12)16-7-4-8-22(16)18(23)11-14(20)10-13-5-2-3-6-15(13)19/h2-3,5-6,9,14,16H,4,7-8,10-11,20H2,1H3/t14-,16?/m1/s1. The minimum absolute atomic E-state index is 0.0182. The van der Waals surface area contributed by atoms with Crippen LogP contribution in [0.2, 0.25) is 0 Å². The fourth-order valence-corrected chi connectivity index (χ4v) is 3.26. The first-order valence-corrected chi connectivity index (χ1v) is 8.26. The van der Waals surface area contributed by atoms with Crippen LogP contribution in [0.25, 0.3) is 0 Å². The summed E-state index contributed by atoms with van der Waals surface area (Å²) in [5.41, 5.74) is 7.43. The molecule has 0 bridgehead atoms. The van der Waals surface area contributed by atoms with Gasteiger partial charge in [-0.15, -0.1) is 0 Å². The fraction of sp³-hybridized carbons (Fsp3) is 0.444. The summed E-state index contributed by atoms with van der Waals surface area (Å²) in [6.07, 6.45) is 2.33. The van der Waals surface area contributed by atoms with Crippen LogP contribution in [0, 0.1) is 12.7 Å². The number of hydrogen-bond acceptors (Lipinski definition) is 4. The molecule has 2 N–H and O–H groups in total. The summed E-state index contributed by atoms with van der Waals surface area (Å²) in [5, 5.41) is 3.90. The van der Waals surface area contributed by atoms with Crippen molar-refractivity contribution in [3.63, 3.8) is 0 Å². The molecule has 1 aliphatic rings. The first-order chi connectivity index (χ1) is 11.5. The second-order valence-electron chi connectivity index (χ2n) is 6.38. The minimum Gasteiger partial charge on any atom is -0.359 e. The quantitative estimate of drug-likeness (QED) is 0.914. The van der Waals surface area contributed by atoms with Crippen molar-refractivity contribution in [3.8, 4) is 0 Å². The van der Waals surface area contributed by atoms with Crippen molar-refractivity contribution in [2.75, 3.05) is 6.54 Å². The molecule has 128 valence electrons. The lowest BCUT2D eigenvalue weighted by atomic mass is 10.0. The molecule has 1 aromatic heterocycles. The highest BCUT2D eigenvalue weighted by atomic mass is 19.1. The van der Waals surface area contributed by atoms with Crippen molar-refractivity contribution in [2.45, 2.75) is 44.7 Å². The first-order valence-electron chi connectivity index (χ1n) is 8.26. The SMILES string of the molecule is Cc1cc(C2CCCN2C(=O)C[C@H](N)Cc2ccccc2F)on1. The lowest BCUT2D eigenvalue weighted by Crippen LogP contribution is -2.36. The van der Waals surface area contributed by atoms with Gasteiger partial charge < -0.3 is 15.2 Å². The molecule has 6 heteroatoms. The molecule has 1 aromatic carbocycles. The number of aromatic nitrogens is 1. The lowest BCUT2D eigenvalue weighted by molar-refractivity contribution is -0.132. The van der Waals surface area contributed by atoms with Gasteiger partial charge in [-0.2, -0.15) is 0 Å². The number of nitrogens with zero attached hydrogens (tertiary/aromatic N) is 2. The van der Waals surface area contributed by atoms with Gasteiger partial charge in [-0.25, -0.2) is 4.39 Å². The van der Waals surface area contributed by atoms with E-state index in [0.717, 1.165) is 24.3 Å². The van der Waals surface area contributed by atoms with E-state index in [1.54, 1.807) is 23.1 Å². The smallest absolute Gasteiger partial charge is 0.224 e. The van der Waals surface area contributed by atoms with Crippen LogP contribution < -0.4 is 5.73 Å². The Kier molecular flexibility index (Phi) is 4.94. The maximum atomic E-state index is 13.7. The maximum absolute atomic E-state index is 13.7. The lowest BCUT2D eigenvalue weighted by Gasteiger charge is -2.24. The number of nitrogens with two attached hydrogens (primary N) is 1. The number of halogens is 1. The number of carbonyl (C=O) groups excluding carboxylic acids is 1. The van der Waals surface area contributed by atoms with Crippen LogP contribution in [0.1, 0.15) is 42.3 Å². The van der Waals surface area contributed by atoms with E-state index in [2.05, 4.69) is 5.16 Å². The zero-order valence-corrected chi connectivity index (χ0v) is 13.7. The van der Waals surface area contributed by atoms with E-state index < -0.39 is 6.04 Å². The average molecular weight is 331 g/mol. The van der Waals surface area contributed by atoms with Gasteiger partial charge in [0.1, 0.15) is 5.82 Å². The minimum atomic E-state index is -0.410. The number of likely N-dealkylation sites (tertiary alicyclic amines) is 1. The molecule has 1 saturated heterocycles. The third-order valence-electron chi connectivity index (χ3n) is 4.42. The molecule has 1 fully saturated rings. The van der Waals surface area contributed by atoms with Crippen molar-refractivity contribution < 1.29 is 13.7 Å². The highest BCUT2D eigenvalue weighted by Gasteiger charge is 2.33. The average Bonchev–Trinajstić information content (AvgIpc) is 3.18. The summed E-state index contributed by atoms with van der Waals surface area (Å²) in [5.74, 6) is 0.424. The third-order valence-corrected chi connectivity index (χ3v) is 4.42. The Morgan fingerprint density at radius 2 is 2.29 bits per heavy atom. The molecule has 2 aromatic rings. The van der Waals surface area contributed by atoms with Crippen LogP contribution in [0.5, 0.6) is 0 Å². The van der Waals surface area contributed by atoms with Crippen molar-refractivity contribution in [1.82, 2.24) is 10.1 Å². The van der Waals surface area contributed by atoms with E-state index in [0.29, 0.717) is 18.5 Å². The zero-order valence-electron chi connectivity index (χ0n) is 13.7. The molecule has 0 radical (unpaired) electrons. The molecule has 1 unspecified atom stereocenters. The van der Waals surface area contributed by atoms with Crippen LogP contribution in [0.3, 0.4) is 0 Å². The van der Waals surface area contributed by atoms with E-state index in [-0.39, 0.29) is 24.2 Å². The second kappa shape index (κ2) is 7.13. The summed E-state index contributed by atoms with van der Waals surface area (Å²) in [4.78, 5) is 14.4. The molecule has 2 heterocycles. The van der Waals surface area contributed by atoms with Crippen LogP contribution in [-0.2, 0) is 11.2 Å². The second-order valence-corrected chi connectivity index (χ2v) is 6.38. The van der Waals surface area contributed by atoms with Gasteiger partial charge in [-0.1, -0.05) is 23.4 Å². The van der Waals surface area contributed by atoms with Gasteiger partial charge in [0.05, 0.1) is 11.7 Å². The Bertz CT molecular complexity index is 716. The van der Waals surface area contributed by atoms with Gasteiger partial charge in [-0.3, -0.25) is 4.79 Å². The molecule has 2 atom stereocenters. The van der Waals surface area contributed by atoms with Crippen molar-refractivity contribution in [2.24, 2.45) is 5.73 Å². The molecular weight excluding hydrogens is 309 g/mol. The summed E-state index contributed by atoms with van der Waals surface area (Å²) in [6.45, 7) is 2.55. The highest BCUT2D eigenvalue weighted by molar-refractivity contribution is 5.77. The number of benzene rings is 1. The highest BCUT2D eigenvalue weighted by Crippen LogP contribution is 2.32. The van der Waals surface area contributed by atoms with E-state index in [1.165, 1.54) is 6.07 Å². The van der Waals surface area contributed by atoms with Crippen LogP contribution in [0.15, 0.2) is 34.9 Å². The molecule has 24 heavy (non-hydrogen) atoms. The van der Waals surface area contributed by atoms with Gasteiger partial charge in [-0.05, 0) is 37.8 Å². The maximum Gasteiger partial charge on any atom is 0.224 e. The third kappa shape index (κ3) is 3.64. The summed E-state index contributed by atoms with van der Waals surface area (Å²) in [6, 6.07) is 7.92. The van der Waals surface area contributed by atoms with Crippen LogP contribution in [0.4, 0.5) is 4.39 Å². The largest absolute Gasteiger partial charge is 0.359 e. The summed E-state index contributed by atoms with van der Waals surface area (Å²) >= 11 is 0. The van der Waals surface area contributed by atoms with Gasteiger partial charge in [0.25, 0.3) is 0 Å². The van der Waals surface area contributed by atoms with Gasteiger partial charge >= 0.3 is 0 Å². The molecule has 1 amide bonds. The number of rotatable bonds is 5. The van der Waals surface area contributed by atoms with Crippen LogP contribution in [-0.4, -0.2) is 28.6 Å². The normalized spacial score (nSPS) is 18.8. The molecule has 0 spiro atoms. The predicted molar refractivity (Wildman–Crippen MR) is 87.6 cm³/mol. The summed E-state index contributed by atoms with van der Waals surface area (Å²) < 4.78 is 19.0. The first kappa shape index (κ1) is 16.6. The molecule has 0 saturated carbocycles. The van der Waals surface area contributed by atoms with Gasteiger partial charge in [0, 0.05) is 25.1 Å². The number of hydrogen-bond donors (Lipinski definition) is 1. The monoisotopic (exact) mass is 331 g/mol. The topological polar surface area (TPSA) is 72.4 Å². The number of aryl methyl sites for hydroxylation is 1. The van der Waals surface area contributed by atoms with Crippen molar-refractivity contribution in [1.29, 1.82) is 0 Å². The van der Waals surface area contributed by atoms with E-state index >= 15 is 0 Å². The Hall–Kier alpha value is -2.21. The molecule has 1 aliphatic heterocycles. The zero-order chi connectivity index (χ0) is 17.1. The Morgan fingerprint density at radius 1 is 1.50 bits per heavy atom. The van der Waals surface area contributed by atoms with Gasteiger partial charge in [0.2, 0.25) is 5.91 Å². The van der Waals surface area contributed by atoms with E-state index in [9.17, 15) is 9.18 Å². The predicted octanol–water partition coefficient (Wildman–Crippen LogP) is 2.75. The number of amides is 1. The van der Waals surface area contributed by atoms with E-state index in [1.807, 2.05) is 13.0 Å². The molecule has 5 nitrogen and oxygen atoms in total.